The van der Waals surface area contributed by atoms with Gasteiger partial charge < -0.3 is 5.32 Å². The lowest BCUT2D eigenvalue weighted by molar-refractivity contribution is 0.117. The van der Waals surface area contributed by atoms with Crippen LogP contribution in [-0.2, 0) is 6.42 Å². The summed E-state index contributed by atoms with van der Waals surface area (Å²) in [6.07, 6.45) is 4.00. The normalized spacial score (nSPS) is 25.2. The molecule has 1 spiro atoms. The zero-order chi connectivity index (χ0) is 13.3. The smallest absolute Gasteiger partial charge is 0.0278 e. The average molecular weight is 258 g/mol. The molecular formula is C17H26N2. The number of hydrogen-bond acceptors (Lipinski definition) is 2. The van der Waals surface area contributed by atoms with Gasteiger partial charge in [-0.15, -0.1) is 0 Å². The predicted octanol–water partition coefficient (Wildman–Crippen LogP) is 2.69. The molecule has 2 nitrogen and oxygen atoms in total. The van der Waals surface area contributed by atoms with E-state index < -0.39 is 0 Å². The molecule has 1 saturated heterocycles. The molecule has 1 aliphatic heterocycles. The number of rotatable bonds is 3. The van der Waals surface area contributed by atoms with Gasteiger partial charge in [-0.1, -0.05) is 30.3 Å². The van der Waals surface area contributed by atoms with Crippen molar-refractivity contribution in [2.45, 2.75) is 38.6 Å². The molecule has 1 saturated carbocycles. The lowest BCUT2D eigenvalue weighted by atomic mass is 10.00. The molecule has 0 aromatic heterocycles. The largest absolute Gasteiger partial charge is 0.314 e. The van der Waals surface area contributed by atoms with Crippen LogP contribution in [0.2, 0.25) is 0 Å². The number of nitrogens with one attached hydrogen (secondary N) is 1. The monoisotopic (exact) mass is 258 g/mol. The second kappa shape index (κ2) is 4.92. The Bertz CT molecular complexity index is 420. The minimum Gasteiger partial charge on any atom is -0.314 e. The van der Waals surface area contributed by atoms with Crippen molar-refractivity contribution in [3.63, 3.8) is 0 Å². The van der Waals surface area contributed by atoms with Crippen molar-refractivity contribution in [1.82, 2.24) is 10.2 Å². The van der Waals surface area contributed by atoms with Gasteiger partial charge in [0.05, 0.1) is 0 Å². The molecular weight excluding hydrogens is 232 g/mol. The number of hydrogen-bond donors (Lipinski definition) is 1. The molecule has 0 amide bonds. The Morgan fingerprint density at radius 2 is 1.84 bits per heavy atom. The van der Waals surface area contributed by atoms with Crippen molar-refractivity contribution >= 4 is 0 Å². The van der Waals surface area contributed by atoms with Crippen molar-refractivity contribution in [3.8, 4) is 0 Å². The van der Waals surface area contributed by atoms with Gasteiger partial charge in [0, 0.05) is 31.7 Å². The summed E-state index contributed by atoms with van der Waals surface area (Å²) < 4.78 is 0. The Kier molecular flexibility index (Phi) is 3.40. The third-order valence-corrected chi connectivity index (χ3v) is 4.91. The van der Waals surface area contributed by atoms with E-state index in [0.717, 1.165) is 6.54 Å². The van der Waals surface area contributed by atoms with Crippen molar-refractivity contribution in [2.75, 3.05) is 26.2 Å². The molecule has 2 fully saturated rings. The molecule has 0 radical (unpaired) electrons. The summed E-state index contributed by atoms with van der Waals surface area (Å²) in [5, 5.41) is 3.68. The van der Waals surface area contributed by atoms with Gasteiger partial charge in [0.15, 0.2) is 0 Å². The zero-order valence-electron chi connectivity index (χ0n) is 12.3. The molecule has 104 valence electrons. The van der Waals surface area contributed by atoms with Gasteiger partial charge in [-0.2, -0.15) is 0 Å². The van der Waals surface area contributed by atoms with Crippen molar-refractivity contribution < 1.29 is 0 Å². The molecule has 1 aliphatic carbocycles. The summed E-state index contributed by atoms with van der Waals surface area (Å²) in [4.78, 5) is 2.72. The summed E-state index contributed by atoms with van der Waals surface area (Å²) in [7, 11) is 0. The summed E-state index contributed by atoms with van der Waals surface area (Å²) in [5.41, 5.74) is 2.34. The van der Waals surface area contributed by atoms with Crippen LogP contribution in [0.5, 0.6) is 0 Å². The number of nitrogens with zero attached hydrogens (tertiary/aromatic N) is 1. The van der Waals surface area contributed by atoms with E-state index >= 15 is 0 Å². The Balaban J connectivity index is 1.66. The van der Waals surface area contributed by atoms with Crippen molar-refractivity contribution in [3.05, 3.63) is 35.9 Å². The molecule has 1 aromatic rings. The second-order valence-corrected chi connectivity index (χ2v) is 7.07. The Hall–Kier alpha value is -0.860. The standard InChI is InChI=1S/C17H26N2/c1-16(2)12-18-13-17(9-10-17)14-19(16)11-8-15-6-4-3-5-7-15/h3-7,18H,8-14H2,1-2H3. The van der Waals surface area contributed by atoms with Gasteiger partial charge in [-0.3, -0.25) is 4.90 Å². The molecule has 2 aliphatic rings. The fraction of sp³-hybridized carbons (Fsp3) is 0.647. The van der Waals surface area contributed by atoms with E-state index in [4.69, 9.17) is 0 Å². The fourth-order valence-electron chi connectivity index (χ4n) is 3.22. The van der Waals surface area contributed by atoms with Crippen LogP contribution in [0.25, 0.3) is 0 Å². The van der Waals surface area contributed by atoms with Gasteiger partial charge in [-0.05, 0) is 44.1 Å². The van der Waals surface area contributed by atoms with Crippen molar-refractivity contribution in [2.24, 2.45) is 5.41 Å². The Morgan fingerprint density at radius 3 is 2.53 bits per heavy atom. The summed E-state index contributed by atoms with van der Waals surface area (Å²) >= 11 is 0. The van der Waals surface area contributed by atoms with E-state index in [1.54, 1.807) is 0 Å². The van der Waals surface area contributed by atoms with Gasteiger partial charge in [-0.25, -0.2) is 0 Å². The van der Waals surface area contributed by atoms with E-state index in [1.807, 2.05) is 0 Å². The van der Waals surface area contributed by atoms with Crippen LogP contribution in [0.1, 0.15) is 32.3 Å². The maximum atomic E-state index is 3.68. The first-order chi connectivity index (χ1) is 9.10. The first kappa shape index (κ1) is 13.1. The molecule has 0 atom stereocenters. The first-order valence-electron chi connectivity index (χ1n) is 7.60. The Labute approximate surface area is 117 Å². The van der Waals surface area contributed by atoms with E-state index in [9.17, 15) is 0 Å². The molecule has 1 N–H and O–H groups in total. The fourth-order valence-corrected chi connectivity index (χ4v) is 3.22. The number of benzene rings is 1. The highest BCUT2D eigenvalue weighted by molar-refractivity contribution is 5.15. The third kappa shape index (κ3) is 3.01. The van der Waals surface area contributed by atoms with E-state index in [0.29, 0.717) is 5.41 Å². The van der Waals surface area contributed by atoms with Gasteiger partial charge >= 0.3 is 0 Å². The maximum Gasteiger partial charge on any atom is 0.0278 e. The highest BCUT2D eigenvalue weighted by Gasteiger charge is 2.47. The highest BCUT2D eigenvalue weighted by Crippen LogP contribution is 2.47. The van der Waals surface area contributed by atoms with Crippen LogP contribution in [0.4, 0.5) is 0 Å². The van der Waals surface area contributed by atoms with Crippen molar-refractivity contribution in [1.29, 1.82) is 0 Å². The zero-order valence-corrected chi connectivity index (χ0v) is 12.3. The molecule has 0 unspecified atom stereocenters. The third-order valence-electron chi connectivity index (χ3n) is 4.91. The van der Waals surface area contributed by atoms with Gasteiger partial charge in [0.25, 0.3) is 0 Å². The van der Waals surface area contributed by atoms with Crippen LogP contribution in [0.15, 0.2) is 30.3 Å². The van der Waals surface area contributed by atoms with E-state index in [1.165, 1.54) is 44.5 Å². The van der Waals surface area contributed by atoms with E-state index in [2.05, 4.69) is 54.4 Å². The molecule has 3 rings (SSSR count). The second-order valence-electron chi connectivity index (χ2n) is 7.07. The van der Waals surface area contributed by atoms with E-state index in [-0.39, 0.29) is 5.54 Å². The lowest BCUT2D eigenvalue weighted by Crippen LogP contribution is -2.49. The van der Waals surface area contributed by atoms with Crippen LogP contribution < -0.4 is 5.32 Å². The average Bonchev–Trinajstić information content (AvgIpc) is 3.16. The van der Waals surface area contributed by atoms with Crippen LogP contribution in [0, 0.1) is 5.41 Å². The molecule has 0 bridgehead atoms. The molecule has 19 heavy (non-hydrogen) atoms. The summed E-state index contributed by atoms with van der Waals surface area (Å²) in [6.45, 7) is 9.56. The summed E-state index contributed by atoms with van der Waals surface area (Å²) in [6, 6.07) is 10.9. The van der Waals surface area contributed by atoms with Crippen LogP contribution in [0.3, 0.4) is 0 Å². The van der Waals surface area contributed by atoms with Crippen LogP contribution in [-0.4, -0.2) is 36.6 Å². The maximum absolute atomic E-state index is 3.68. The SMILES string of the molecule is CC1(C)CNCC2(CC2)CN1CCc1ccccc1. The predicted molar refractivity (Wildman–Crippen MR) is 80.3 cm³/mol. The minimum absolute atomic E-state index is 0.279. The quantitative estimate of drug-likeness (QED) is 0.897. The molecule has 1 heterocycles. The summed E-state index contributed by atoms with van der Waals surface area (Å²) in [5.74, 6) is 0. The topological polar surface area (TPSA) is 15.3 Å². The Morgan fingerprint density at radius 1 is 1.11 bits per heavy atom. The van der Waals surface area contributed by atoms with Gasteiger partial charge in [0.2, 0.25) is 0 Å². The molecule has 1 aromatic carbocycles. The lowest BCUT2D eigenvalue weighted by Gasteiger charge is -2.38. The minimum atomic E-state index is 0.279. The molecule has 2 heteroatoms. The highest BCUT2D eigenvalue weighted by atomic mass is 15.2. The van der Waals surface area contributed by atoms with Crippen LogP contribution >= 0.6 is 0 Å². The first-order valence-corrected chi connectivity index (χ1v) is 7.60. The van der Waals surface area contributed by atoms with Gasteiger partial charge in [0.1, 0.15) is 0 Å².